The number of carboxylic acid groups (broad SMARTS) is 1. The van der Waals surface area contributed by atoms with E-state index in [0.717, 1.165) is 18.2 Å². The van der Waals surface area contributed by atoms with Crippen LogP contribution in [0.15, 0.2) is 48.5 Å². The summed E-state index contributed by atoms with van der Waals surface area (Å²) < 4.78 is 59.8. The molecule has 0 bridgehead atoms. The average molecular weight is 464 g/mol. The lowest BCUT2D eigenvalue weighted by Crippen LogP contribution is -2.32. The monoisotopic (exact) mass is 464 g/mol. The van der Waals surface area contributed by atoms with Gasteiger partial charge >= 0.3 is 12.1 Å². The number of aliphatic carboxylic acids is 1. The molecular weight excluding hydrogens is 444 g/mol. The summed E-state index contributed by atoms with van der Waals surface area (Å²) in [6, 6.07) is 9.48. The molecule has 3 aromatic rings. The fraction of sp³-hybridized carbons (Fsp3) is 0.227. The predicted octanol–water partition coefficient (Wildman–Crippen LogP) is 3.81. The first kappa shape index (κ1) is 23.9. The Morgan fingerprint density at radius 3 is 2.36 bits per heavy atom. The highest BCUT2D eigenvalue weighted by atomic mass is 19.4. The summed E-state index contributed by atoms with van der Waals surface area (Å²) in [5, 5.41) is 8.91. The summed E-state index contributed by atoms with van der Waals surface area (Å²) in [7, 11) is 0. The summed E-state index contributed by atoms with van der Waals surface area (Å²) in [6.07, 6.45) is -7.12. The molecule has 2 aromatic carbocycles. The number of alkyl halides is 3. The quantitative estimate of drug-likeness (QED) is 0.454. The first-order chi connectivity index (χ1) is 15.4. The van der Waals surface area contributed by atoms with E-state index >= 15 is 0 Å². The number of aryl methyl sites for hydroxylation is 1. The first-order valence-electron chi connectivity index (χ1n) is 9.65. The Balaban J connectivity index is 1.91. The molecule has 1 aromatic heterocycles. The zero-order valence-corrected chi connectivity index (χ0v) is 17.3. The second kappa shape index (κ2) is 9.41. The number of nitrogens with zero attached hydrogens (tertiary/aromatic N) is 2. The van der Waals surface area contributed by atoms with Gasteiger partial charge in [0.05, 0.1) is 5.69 Å². The third kappa shape index (κ3) is 5.95. The number of hydrogen-bond acceptors (Lipinski definition) is 6. The second-order valence-electron chi connectivity index (χ2n) is 7.34. The standard InChI is InChI=1S/C22H20F4N4O3/c1-11-8-14(23)6-7-15(11)19(22(24,25)26)33-18-10-17(29-21(28)30-18)13-4-2-12(3-5-13)9-16(27)20(31)32/h2-8,10,16,19H,9,27H2,1H3,(H,31,32)(H2,28,29,30)/t16-,19?/m0/s1. The molecule has 2 atom stereocenters. The lowest BCUT2D eigenvalue weighted by Gasteiger charge is -2.23. The SMILES string of the molecule is Cc1cc(F)ccc1C(Oc1cc(-c2ccc(C[C@H](N)C(=O)O)cc2)nc(N)n1)C(F)(F)F. The number of aromatic nitrogens is 2. The van der Waals surface area contributed by atoms with Crippen molar-refractivity contribution in [3.63, 3.8) is 0 Å². The Kier molecular flexibility index (Phi) is 6.82. The molecule has 0 saturated carbocycles. The van der Waals surface area contributed by atoms with Crippen LogP contribution in [0.3, 0.4) is 0 Å². The van der Waals surface area contributed by atoms with Crippen LogP contribution in [0, 0.1) is 12.7 Å². The van der Waals surface area contributed by atoms with Gasteiger partial charge in [-0.25, -0.2) is 9.37 Å². The third-order valence-electron chi connectivity index (χ3n) is 4.79. The van der Waals surface area contributed by atoms with Crippen LogP contribution in [-0.2, 0) is 11.2 Å². The lowest BCUT2D eigenvalue weighted by atomic mass is 10.0. The minimum atomic E-state index is -4.81. The lowest BCUT2D eigenvalue weighted by molar-refractivity contribution is -0.198. The molecule has 0 radical (unpaired) electrons. The normalized spacial score (nSPS) is 13.4. The van der Waals surface area contributed by atoms with Crippen molar-refractivity contribution in [2.75, 3.05) is 5.73 Å². The largest absolute Gasteiger partial charge is 0.480 e. The van der Waals surface area contributed by atoms with E-state index in [0.29, 0.717) is 11.1 Å². The van der Waals surface area contributed by atoms with Crippen LogP contribution in [0.25, 0.3) is 11.3 Å². The zero-order valence-electron chi connectivity index (χ0n) is 17.3. The molecule has 174 valence electrons. The molecule has 0 aliphatic heterocycles. The summed E-state index contributed by atoms with van der Waals surface area (Å²) in [6.45, 7) is 1.35. The molecule has 3 rings (SSSR count). The number of benzene rings is 2. The molecule has 0 fully saturated rings. The molecule has 1 unspecified atom stereocenters. The topological polar surface area (TPSA) is 124 Å². The van der Waals surface area contributed by atoms with Gasteiger partial charge in [-0.15, -0.1) is 0 Å². The van der Waals surface area contributed by atoms with E-state index in [-0.39, 0.29) is 29.2 Å². The molecule has 0 saturated heterocycles. The molecule has 33 heavy (non-hydrogen) atoms. The van der Waals surface area contributed by atoms with E-state index in [1.807, 2.05) is 0 Å². The fourth-order valence-corrected chi connectivity index (χ4v) is 3.16. The van der Waals surface area contributed by atoms with Crippen molar-refractivity contribution >= 4 is 11.9 Å². The number of carbonyl (C=O) groups is 1. The highest BCUT2D eigenvalue weighted by Crippen LogP contribution is 2.38. The minimum Gasteiger partial charge on any atom is -0.480 e. The molecule has 0 amide bonds. The van der Waals surface area contributed by atoms with Gasteiger partial charge in [-0.3, -0.25) is 4.79 Å². The van der Waals surface area contributed by atoms with Gasteiger partial charge in [-0.05, 0) is 36.6 Å². The zero-order chi connectivity index (χ0) is 24.3. The van der Waals surface area contributed by atoms with Crippen LogP contribution in [0.1, 0.15) is 22.8 Å². The van der Waals surface area contributed by atoms with Crippen molar-refractivity contribution in [1.29, 1.82) is 0 Å². The highest BCUT2D eigenvalue weighted by molar-refractivity contribution is 5.73. The van der Waals surface area contributed by atoms with Gasteiger partial charge < -0.3 is 21.3 Å². The molecule has 0 aliphatic carbocycles. The summed E-state index contributed by atoms with van der Waals surface area (Å²) in [4.78, 5) is 18.7. The van der Waals surface area contributed by atoms with E-state index in [2.05, 4.69) is 9.97 Å². The second-order valence-corrected chi connectivity index (χ2v) is 7.34. The maximum absolute atomic E-state index is 13.8. The maximum Gasteiger partial charge on any atom is 0.429 e. The number of ether oxygens (including phenoxy) is 1. The number of hydrogen-bond donors (Lipinski definition) is 3. The van der Waals surface area contributed by atoms with Crippen LogP contribution in [0.4, 0.5) is 23.5 Å². The highest BCUT2D eigenvalue weighted by Gasteiger charge is 2.44. The van der Waals surface area contributed by atoms with Crippen molar-refractivity contribution in [3.05, 3.63) is 71.0 Å². The molecule has 5 N–H and O–H groups in total. The van der Waals surface area contributed by atoms with Gasteiger partial charge in [0.2, 0.25) is 17.9 Å². The van der Waals surface area contributed by atoms with Crippen molar-refractivity contribution < 1.29 is 32.2 Å². The first-order valence-corrected chi connectivity index (χ1v) is 9.65. The van der Waals surface area contributed by atoms with Crippen molar-refractivity contribution in [2.45, 2.75) is 31.7 Å². The molecule has 1 heterocycles. The molecular formula is C22H20F4N4O3. The fourth-order valence-electron chi connectivity index (χ4n) is 3.16. The van der Waals surface area contributed by atoms with Crippen LogP contribution < -0.4 is 16.2 Å². The van der Waals surface area contributed by atoms with Crippen LogP contribution in [-0.4, -0.2) is 33.3 Å². The Bertz CT molecular complexity index is 1150. The minimum absolute atomic E-state index is 0.0646. The van der Waals surface area contributed by atoms with E-state index in [4.69, 9.17) is 21.3 Å². The third-order valence-corrected chi connectivity index (χ3v) is 4.79. The number of rotatable bonds is 7. The van der Waals surface area contributed by atoms with Crippen molar-refractivity contribution in [3.8, 4) is 17.1 Å². The number of halogens is 4. The molecule has 7 nitrogen and oxygen atoms in total. The van der Waals surface area contributed by atoms with Crippen molar-refractivity contribution in [2.24, 2.45) is 5.73 Å². The van der Waals surface area contributed by atoms with Gasteiger partial charge in [0.15, 0.2) is 0 Å². The molecule has 11 heteroatoms. The smallest absolute Gasteiger partial charge is 0.429 e. The van der Waals surface area contributed by atoms with E-state index < -0.39 is 36.0 Å². The van der Waals surface area contributed by atoms with Crippen LogP contribution >= 0.6 is 0 Å². The van der Waals surface area contributed by atoms with E-state index in [1.54, 1.807) is 24.3 Å². The molecule has 0 spiro atoms. The van der Waals surface area contributed by atoms with Crippen molar-refractivity contribution in [1.82, 2.24) is 9.97 Å². The van der Waals surface area contributed by atoms with Gasteiger partial charge in [0.1, 0.15) is 11.9 Å². The Morgan fingerprint density at radius 2 is 1.79 bits per heavy atom. The van der Waals surface area contributed by atoms with E-state index in [9.17, 15) is 22.4 Å². The average Bonchev–Trinajstić information content (AvgIpc) is 2.72. The Labute approximate surface area is 186 Å². The summed E-state index contributed by atoms with van der Waals surface area (Å²) >= 11 is 0. The molecule has 0 aliphatic rings. The van der Waals surface area contributed by atoms with Crippen LogP contribution in [0.5, 0.6) is 5.88 Å². The number of nitrogens with two attached hydrogens (primary N) is 2. The van der Waals surface area contributed by atoms with E-state index in [1.165, 1.54) is 13.0 Å². The van der Waals surface area contributed by atoms with Gasteiger partial charge in [-0.1, -0.05) is 30.3 Å². The number of carboxylic acids is 1. The maximum atomic E-state index is 13.8. The van der Waals surface area contributed by atoms with Gasteiger partial charge in [0.25, 0.3) is 0 Å². The number of nitrogen functional groups attached to an aromatic ring is 1. The predicted molar refractivity (Wildman–Crippen MR) is 112 cm³/mol. The van der Waals surface area contributed by atoms with Crippen LogP contribution in [0.2, 0.25) is 0 Å². The Hall–Kier alpha value is -3.73. The number of anilines is 1. The van der Waals surface area contributed by atoms with Gasteiger partial charge in [0, 0.05) is 17.2 Å². The summed E-state index contributed by atoms with van der Waals surface area (Å²) in [5.74, 6) is -2.53. The summed E-state index contributed by atoms with van der Waals surface area (Å²) in [5.41, 5.74) is 12.3. The Morgan fingerprint density at radius 1 is 1.12 bits per heavy atom. The van der Waals surface area contributed by atoms with Gasteiger partial charge in [-0.2, -0.15) is 18.2 Å².